The third-order valence-electron chi connectivity index (χ3n) is 7.03. The molecule has 2 atom stereocenters. The predicted octanol–water partition coefficient (Wildman–Crippen LogP) is 4.35. The van der Waals surface area contributed by atoms with Crippen LogP contribution in [0.5, 0.6) is 0 Å². The zero-order valence-electron chi connectivity index (χ0n) is 18.3. The smallest absolute Gasteiger partial charge is 0.269 e. The van der Waals surface area contributed by atoms with Gasteiger partial charge in [-0.2, -0.15) is 5.10 Å². The second-order valence-corrected chi connectivity index (χ2v) is 9.34. The zero-order chi connectivity index (χ0) is 22.9. The standard InChI is InChI=1S/C25H26ClN5O2/c1-27-21-9-6-16(14-19(21)26)31-24(15-4-2-3-5-15)18-8-10-20-17(23(18)30-31)7-11-22(29-20)25(33)28-12-13-32/h6-7,9,11,14-15,18,24,32H,2-5,8,10,12-13H2,(H,28,33). The maximum absolute atomic E-state index is 12.3. The van der Waals surface area contributed by atoms with Crippen molar-refractivity contribution in [3.63, 3.8) is 0 Å². The first-order chi connectivity index (χ1) is 16.1. The van der Waals surface area contributed by atoms with E-state index in [2.05, 4.69) is 20.2 Å². The summed E-state index contributed by atoms with van der Waals surface area (Å²) in [5.41, 5.74) is 4.68. The molecule has 1 aromatic heterocycles. The summed E-state index contributed by atoms with van der Waals surface area (Å²) < 4.78 is 0. The Kier molecular flexibility index (Phi) is 6.05. The highest BCUT2D eigenvalue weighted by molar-refractivity contribution is 6.33. The number of carbonyl (C=O) groups excluding carboxylic acids is 1. The molecule has 1 saturated carbocycles. The Morgan fingerprint density at radius 3 is 2.79 bits per heavy atom. The Balaban J connectivity index is 1.52. The number of aryl methyl sites for hydroxylation is 1. The molecule has 2 heterocycles. The number of benzene rings is 1. The highest BCUT2D eigenvalue weighted by Crippen LogP contribution is 2.45. The number of aromatic nitrogens is 1. The van der Waals surface area contributed by atoms with E-state index in [1.807, 2.05) is 18.2 Å². The molecule has 2 N–H and O–H groups in total. The van der Waals surface area contributed by atoms with Crippen LogP contribution in [-0.4, -0.2) is 40.9 Å². The number of rotatable bonds is 5. The van der Waals surface area contributed by atoms with Crippen LogP contribution in [0.25, 0.3) is 4.85 Å². The maximum Gasteiger partial charge on any atom is 0.269 e. The topological polar surface area (TPSA) is 82.2 Å². The number of aliphatic hydroxyl groups excluding tert-OH is 1. The van der Waals surface area contributed by atoms with E-state index >= 15 is 0 Å². The molecule has 2 aromatic rings. The molecule has 0 saturated heterocycles. The number of hydrazone groups is 1. The number of hydrogen-bond acceptors (Lipinski definition) is 5. The summed E-state index contributed by atoms with van der Waals surface area (Å²) in [6, 6.07) is 9.53. The minimum atomic E-state index is -0.276. The predicted molar refractivity (Wildman–Crippen MR) is 128 cm³/mol. The first kappa shape index (κ1) is 21.9. The number of halogens is 1. The van der Waals surface area contributed by atoms with Gasteiger partial charge < -0.3 is 10.4 Å². The molecule has 8 heteroatoms. The van der Waals surface area contributed by atoms with Crippen LogP contribution in [0.4, 0.5) is 11.4 Å². The van der Waals surface area contributed by atoms with Gasteiger partial charge >= 0.3 is 0 Å². The monoisotopic (exact) mass is 463 g/mol. The van der Waals surface area contributed by atoms with Gasteiger partial charge in [0.15, 0.2) is 0 Å². The van der Waals surface area contributed by atoms with E-state index in [9.17, 15) is 4.79 Å². The molecule has 2 aliphatic carbocycles. The van der Waals surface area contributed by atoms with Gasteiger partial charge in [0.05, 0.1) is 36.3 Å². The van der Waals surface area contributed by atoms with Gasteiger partial charge in [-0.1, -0.05) is 30.5 Å². The first-order valence-electron chi connectivity index (χ1n) is 11.5. The highest BCUT2D eigenvalue weighted by Gasteiger charge is 2.46. The van der Waals surface area contributed by atoms with Crippen molar-refractivity contribution in [3.05, 3.63) is 63.7 Å². The molecule has 1 aromatic carbocycles. The van der Waals surface area contributed by atoms with Crippen molar-refractivity contribution in [1.82, 2.24) is 10.3 Å². The maximum atomic E-state index is 12.3. The van der Waals surface area contributed by atoms with Gasteiger partial charge in [0.1, 0.15) is 5.69 Å². The quantitative estimate of drug-likeness (QED) is 0.646. The number of amides is 1. The van der Waals surface area contributed by atoms with E-state index in [1.54, 1.807) is 12.1 Å². The first-order valence-corrected chi connectivity index (χ1v) is 11.9. The van der Waals surface area contributed by atoms with Gasteiger partial charge in [0.2, 0.25) is 5.69 Å². The summed E-state index contributed by atoms with van der Waals surface area (Å²) in [7, 11) is 0. The van der Waals surface area contributed by atoms with Crippen molar-refractivity contribution in [1.29, 1.82) is 0 Å². The summed E-state index contributed by atoms with van der Waals surface area (Å²) in [6.45, 7) is 7.39. The molecule has 0 radical (unpaired) electrons. The van der Waals surface area contributed by atoms with Gasteiger partial charge in [-0.05, 0) is 55.9 Å². The Bertz CT molecular complexity index is 1150. The minimum absolute atomic E-state index is 0.103. The molecule has 1 amide bonds. The van der Waals surface area contributed by atoms with Crippen molar-refractivity contribution in [3.8, 4) is 0 Å². The van der Waals surface area contributed by atoms with Crippen LogP contribution in [-0.2, 0) is 6.42 Å². The number of nitrogens with zero attached hydrogens (tertiary/aromatic N) is 4. The summed E-state index contributed by atoms with van der Waals surface area (Å²) in [4.78, 5) is 20.4. The molecule has 1 fully saturated rings. The number of pyridine rings is 1. The zero-order valence-corrected chi connectivity index (χ0v) is 19.1. The van der Waals surface area contributed by atoms with E-state index in [4.69, 9.17) is 28.4 Å². The molecule has 170 valence electrons. The lowest BCUT2D eigenvalue weighted by atomic mass is 9.76. The molecule has 5 rings (SSSR count). The minimum Gasteiger partial charge on any atom is -0.395 e. The summed E-state index contributed by atoms with van der Waals surface area (Å²) in [5, 5.41) is 19.3. The number of carbonyl (C=O) groups is 1. The lowest BCUT2D eigenvalue weighted by Crippen LogP contribution is -2.40. The normalized spacial score (nSPS) is 21.8. The van der Waals surface area contributed by atoms with Crippen molar-refractivity contribution < 1.29 is 9.90 Å². The molecular weight excluding hydrogens is 438 g/mol. The molecule has 33 heavy (non-hydrogen) atoms. The second kappa shape index (κ2) is 9.12. The highest BCUT2D eigenvalue weighted by atomic mass is 35.5. The Labute approximate surface area is 198 Å². The summed E-state index contributed by atoms with van der Waals surface area (Å²) in [5.74, 6) is 0.590. The van der Waals surface area contributed by atoms with Gasteiger partial charge in [-0.3, -0.25) is 9.80 Å². The average molecular weight is 464 g/mol. The molecule has 2 unspecified atom stereocenters. The van der Waals surface area contributed by atoms with Crippen molar-refractivity contribution >= 4 is 34.6 Å². The van der Waals surface area contributed by atoms with Gasteiger partial charge in [0, 0.05) is 23.0 Å². The van der Waals surface area contributed by atoms with E-state index < -0.39 is 0 Å². The molecule has 1 aliphatic heterocycles. The molecule has 0 bridgehead atoms. The third-order valence-corrected chi connectivity index (χ3v) is 7.34. The van der Waals surface area contributed by atoms with E-state index in [0.717, 1.165) is 35.5 Å². The Morgan fingerprint density at radius 1 is 1.24 bits per heavy atom. The summed E-state index contributed by atoms with van der Waals surface area (Å²) >= 11 is 6.38. The fourth-order valence-electron chi connectivity index (χ4n) is 5.54. The molecule has 3 aliphatic rings. The van der Waals surface area contributed by atoms with E-state index in [0.29, 0.717) is 28.2 Å². The summed E-state index contributed by atoms with van der Waals surface area (Å²) in [6.07, 6.45) is 6.63. The van der Waals surface area contributed by atoms with Crippen LogP contribution in [0.15, 0.2) is 35.4 Å². The lowest BCUT2D eigenvalue weighted by Gasteiger charge is -2.34. The van der Waals surface area contributed by atoms with Crippen molar-refractivity contribution in [2.45, 2.75) is 44.6 Å². The van der Waals surface area contributed by atoms with Gasteiger partial charge in [0.25, 0.3) is 5.91 Å². The van der Waals surface area contributed by atoms with E-state index in [-0.39, 0.29) is 25.1 Å². The fraction of sp³-hybridized carbons (Fsp3) is 0.440. The molecular formula is C25H26ClN5O2. The Morgan fingerprint density at radius 2 is 2.06 bits per heavy atom. The second-order valence-electron chi connectivity index (χ2n) is 8.93. The van der Waals surface area contributed by atoms with Crippen LogP contribution in [0.3, 0.4) is 0 Å². The van der Waals surface area contributed by atoms with Gasteiger partial charge in [-0.15, -0.1) is 0 Å². The van der Waals surface area contributed by atoms with E-state index in [1.165, 1.54) is 25.7 Å². The van der Waals surface area contributed by atoms with Crippen LogP contribution in [0.2, 0.25) is 5.02 Å². The molecule has 0 spiro atoms. The number of hydrogen-bond donors (Lipinski definition) is 2. The average Bonchev–Trinajstić information content (AvgIpc) is 3.49. The number of nitrogens with one attached hydrogen (secondary N) is 1. The SMILES string of the molecule is [C-]#[N+]c1ccc(N2N=C3c4ccc(C(=O)NCCO)nc4CCC3C2C2CCCC2)cc1Cl. The number of aliphatic hydroxyl groups is 1. The fourth-order valence-corrected chi connectivity index (χ4v) is 5.76. The largest absolute Gasteiger partial charge is 0.395 e. The van der Waals surface area contributed by atoms with Crippen LogP contribution in [0.1, 0.15) is 53.8 Å². The Hall–Kier alpha value is -2.95. The van der Waals surface area contributed by atoms with Crippen molar-refractivity contribution in [2.24, 2.45) is 16.9 Å². The number of anilines is 1. The van der Waals surface area contributed by atoms with Gasteiger partial charge in [-0.25, -0.2) is 9.83 Å². The third kappa shape index (κ3) is 3.98. The van der Waals surface area contributed by atoms with Crippen LogP contribution < -0.4 is 10.3 Å². The molecule has 7 nitrogen and oxygen atoms in total. The lowest BCUT2D eigenvalue weighted by molar-refractivity contribution is 0.0939. The number of fused-ring (bicyclic) bond motifs is 3. The van der Waals surface area contributed by atoms with Crippen molar-refractivity contribution in [2.75, 3.05) is 18.2 Å². The van der Waals surface area contributed by atoms with Crippen LogP contribution >= 0.6 is 11.6 Å². The van der Waals surface area contributed by atoms with Crippen LogP contribution in [0, 0.1) is 18.4 Å².